The van der Waals surface area contributed by atoms with E-state index in [-0.39, 0.29) is 24.6 Å². The predicted molar refractivity (Wildman–Crippen MR) is 102 cm³/mol. The Kier molecular flexibility index (Phi) is 4.50. The number of carbonyl (C=O) groups is 1. The molecule has 27 heavy (non-hydrogen) atoms. The topological polar surface area (TPSA) is 82.1 Å². The van der Waals surface area contributed by atoms with Gasteiger partial charge in [0.1, 0.15) is 17.8 Å². The highest BCUT2D eigenvalue weighted by atomic mass is 16.3. The Morgan fingerprint density at radius 3 is 2.81 bits per heavy atom. The van der Waals surface area contributed by atoms with Crippen LogP contribution < -0.4 is 10.9 Å². The zero-order valence-corrected chi connectivity index (χ0v) is 15.0. The number of para-hydroxylation sites is 1. The van der Waals surface area contributed by atoms with Gasteiger partial charge in [0.25, 0.3) is 5.56 Å². The molecule has 138 valence electrons. The third-order valence-corrected chi connectivity index (χ3v) is 4.55. The van der Waals surface area contributed by atoms with Crippen molar-refractivity contribution in [2.75, 3.05) is 0 Å². The highest BCUT2D eigenvalue weighted by Gasteiger charge is 2.16. The molecule has 0 bridgehead atoms. The van der Waals surface area contributed by atoms with Crippen molar-refractivity contribution in [1.82, 2.24) is 19.7 Å². The maximum atomic E-state index is 13.0. The van der Waals surface area contributed by atoms with Gasteiger partial charge in [0.05, 0.1) is 19.0 Å². The van der Waals surface area contributed by atoms with Gasteiger partial charge in [0.15, 0.2) is 0 Å². The first kappa shape index (κ1) is 17.1. The number of amides is 1. The number of aromatic nitrogens is 3. The fourth-order valence-electron chi connectivity index (χ4n) is 3.35. The molecule has 1 amide bonds. The number of furan rings is 1. The lowest BCUT2D eigenvalue weighted by Crippen LogP contribution is -2.33. The van der Waals surface area contributed by atoms with Crippen LogP contribution in [0.5, 0.6) is 0 Å². The summed E-state index contributed by atoms with van der Waals surface area (Å²) >= 11 is 0. The maximum Gasteiger partial charge on any atom is 0.291 e. The molecule has 0 fully saturated rings. The molecule has 1 N–H and O–H groups in total. The number of hydrogen-bond donors (Lipinski definition) is 1. The summed E-state index contributed by atoms with van der Waals surface area (Å²) < 4.78 is 8.42. The molecule has 0 aliphatic carbocycles. The quantitative estimate of drug-likeness (QED) is 0.570. The van der Waals surface area contributed by atoms with Gasteiger partial charge in [0.2, 0.25) is 5.91 Å². The molecule has 0 unspecified atom stereocenters. The van der Waals surface area contributed by atoms with Crippen LogP contribution in [0.3, 0.4) is 0 Å². The lowest BCUT2D eigenvalue weighted by atomic mass is 10.2. The standard InChI is InChI=1S/C20H20N4O3/c1-2-9-23-17-8-4-3-7-15(17)16-12-22-24(20(26)19(16)23)13-18(25)21-11-14-6-5-10-27-14/h3-8,10,12H,2,9,11,13H2,1H3,(H,21,25). The first-order valence-corrected chi connectivity index (χ1v) is 8.95. The summed E-state index contributed by atoms with van der Waals surface area (Å²) in [7, 11) is 0. The van der Waals surface area contributed by atoms with E-state index in [2.05, 4.69) is 17.3 Å². The van der Waals surface area contributed by atoms with Gasteiger partial charge < -0.3 is 14.3 Å². The Labute approximate surface area is 155 Å². The van der Waals surface area contributed by atoms with Gasteiger partial charge in [0, 0.05) is 22.8 Å². The Morgan fingerprint density at radius 1 is 1.19 bits per heavy atom. The van der Waals surface area contributed by atoms with Crippen molar-refractivity contribution in [3.63, 3.8) is 0 Å². The number of nitrogens with zero attached hydrogens (tertiary/aromatic N) is 3. The monoisotopic (exact) mass is 364 g/mol. The summed E-state index contributed by atoms with van der Waals surface area (Å²) in [4.78, 5) is 25.3. The fourth-order valence-corrected chi connectivity index (χ4v) is 3.35. The Hall–Kier alpha value is -3.35. The smallest absolute Gasteiger partial charge is 0.291 e. The zero-order valence-electron chi connectivity index (χ0n) is 15.0. The predicted octanol–water partition coefficient (Wildman–Crippen LogP) is 2.67. The van der Waals surface area contributed by atoms with Crippen molar-refractivity contribution in [1.29, 1.82) is 0 Å². The van der Waals surface area contributed by atoms with Crippen LogP contribution in [-0.4, -0.2) is 20.3 Å². The van der Waals surface area contributed by atoms with E-state index in [0.29, 0.717) is 11.3 Å². The molecule has 0 radical (unpaired) electrons. The van der Waals surface area contributed by atoms with Crippen molar-refractivity contribution in [2.45, 2.75) is 33.0 Å². The Morgan fingerprint density at radius 2 is 2.04 bits per heavy atom. The molecule has 0 saturated heterocycles. The molecule has 0 atom stereocenters. The first-order chi connectivity index (χ1) is 13.2. The molecule has 4 aromatic rings. The molecule has 0 saturated carbocycles. The highest BCUT2D eigenvalue weighted by molar-refractivity contribution is 6.07. The zero-order chi connectivity index (χ0) is 18.8. The van der Waals surface area contributed by atoms with E-state index in [4.69, 9.17) is 4.42 Å². The number of rotatable bonds is 6. The second-order valence-electron chi connectivity index (χ2n) is 6.39. The van der Waals surface area contributed by atoms with Crippen LogP contribution in [0.15, 0.2) is 58.1 Å². The van der Waals surface area contributed by atoms with Gasteiger partial charge in [-0.2, -0.15) is 5.10 Å². The van der Waals surface area contributed by atoms with Crippen LogP contribution in [0.2, 0.25) is 0 Å². The SMILES string of the molecule is CCCn1c2ccccc2c2cnn(CC(=O)NCc3ccco3)c(=O)c21. The molecule has 3 heterocycles. The molecule has 0 aliphatic heterocycles. The Balaban J connectivity index is 1.69. The Bertz CT molecular complexity index is 1160. The number of aryl methyl sites for hydroxylation is 1. The van der Waals surface area contributed by atoms with E-state index in [0.717, 1.165) is 29.3 Å². The second kappa shape index (κ2) is 7.11. The average molecular weight is 364 g/mol. The molecule has 1 aromatic carbocycles. The van der Waals surface area contributed by atoms with E-state index in [1.165, 1.54) is 4.68 Å². The number of hydrogen-bond acceptors (Lipinski definition) is 4. The fraction of sp³-hybridized carbons (Fsp3) is 0.250. The third kappa shape index (κ3) is 3.12. The van der Waals surface area contributed by atoms with Crippen LogP contribution >= 0.6 is 0 Å². The normalized spacial score (nSPS) is 11.3. The minimum absolute atomic E-state index is 0.136. The van der Waals surface area contributed by atoms with Crippen LogP contribution in [0.4, 0.5) is 0 Å². The lowest BCUT2D eigenvalue weighted by molar-refractivity contribution is -0.122. The van der Waals surface area contributed by atoms with E-state index >= 15 is 0 Å². The largest absolute Gasteiger partial charge is 0.467 e. The summed E-state index contributed by atoms with van der Waals surface area (Å²) in [5, 5.41) is 8.77. The summed E-state index contributed by atoms with van der Waals surface area (Å²) in [6.07, 6.45) is 4.12. The minimum Gasteiger partial charge on any atom is -0.467 e. The number of nitrogens with one attached hydrogen (secondary N) is 1. The lowest BCUT2D eigenvalue weighted by Gasteiger charge is -2.08. The molecule has 4 rings (SSSR count). The van der Waals surface area contributed by atoms with Gasteiger partial charge in [-0.3, -0.25) is 9.59 Å². The van der Waals surface area contributed by atoms with Gasteiger partial charge in [-0.1, -0.05) is 25.1 Å². The molecule has 7 nitrogen and oxygen atoms in total. The van der Waals surface area contributed by atoms with Crippen LogP contribution in [0.1, 0.15) is 19.1 Å². The molecule has 7 heteroatoms. The summed E-state index contributed by atoms with van der Waals surface area (Å²) in [5.41, 5.74) is 1.34. The first-order valence-electron chi connectivity index (χ1n) is 8.95. The van der Waals surface area contributed by atoms with E-state index in [1.807, 2.05) is 28.8 Å². The van der Waals surface area contributed by atoms with Gasteiger partial charge in [-0.25, -0.2) is 4.68 Å². The molecular formula is C20H20N4O3. The van der Waals surface area contributed by atoms with E-state index in [1.54, 1.807) is 24.6 Å². The molecular weight excluding hydrogens is 344 g/mol. The van der Waals surface area contributed by atoms with Crippen molar-refractivity contribution in [3.05, 3.63) is 65.0 Å². The van der Waals surface area contributed by atoms with Crippen molar-refractivity contribution >= 4 is 27.7 Å². The summed E-state index contributed by atoms with van der Waals surface area (Å²) in [6.45, 7) is 2.94. The van der Waals surface area contributed by atoms with E-state index < -0.39 is 0 Å². The second-order valence-corrected chi connectivity index (χ2v) is 6.39. The molecule has 3 aromatic heterocycles. The van der Waals surface area contributed by atoms with Crippen LogP contribution in [-0.2, 0) is 24.4 Å². The van der Waals surface area contributed by atoms with Crippen molar-refractivity contribution in [2.24, 2.45) is 0 Å². The number of benzene rings is 1. The average Bonchev–Trinajstić information content (AvgIpc) is 3.30. The highest BCUT2D eigenvalue weighted by Crippen LogP contribution is 2.26. The summed E-state index contributed by atoms with van der Waals surface area (Å²) in [5.74, 6) is 0.362. The van der Waals surface area contributed by atoms with Gasteiger partial charge in [-0.05, 0) is 24.6 Å². The number of fused-ring (bicyclic) bond motifs is 3. The van der Waals surface area contributed by atoms with Gasteiger partial charge in [-0.15, -0.1) is 0 Å². The minimum atomic E-state index is -0.293. The van der Waals surface area contributed by atoms with Gasteiger partial charge >= 0.3 is 0 Å². The molecule has 0 aliphatic rings. The van der Waals surface area contributed by atoms with Crippen molar-refractivity contribution < 1.29 is 9.21 Å². The summed E-state index contributed by atoms with van der Waals surface area (Å²) in [6, 6.07) is 11.4. The van der Waals surface area contributed by atoms with Crippen molar-refractivity contribution in [3.8, 4) is 0 Å². The molecule has 0 spiro atoms. The van der Waals surface area contributed by atoms with Crippen LogP contribution in [0, 0.1) is 0 Å². The number of carbonyl (C=O) groups excluding carboxylic acids is 1. The van der Waals surface area contributed by atoms with E-state index in [9.17, 15) is 9.59 Å². The third-order valence-electron chi connectivity index (χ3n) is 4.55. The van der Waals surface area contributed by atoms with Crippen LogP contribution in [0.25, 0.3) is 21.8 Å². The maximum absolute atomic E-state index is 13.0.